The van der Waals surface area contributed by atoms with E-state index >= 15 is 0 Å². The van der Waals surface area contributed by atoms with E-state index in [1.165, 1.54) is 14.2 Å². The van der Waals surface area contributed by atoms with Crippen molar-refractivity contribution in [2.24, 2.45) is 15.3 Å². The van der Waals surface area contributed by atoms with Gasteiger partial charge < -0.3 is 32.5 Å². The maximum atomic E-state index is 12.5. The number of ether oxygens (including phenoxy) is 1. The number of nitrogens with zero attached hydrogens (tertiary/aromatic N) is 6. The standard InChI is InChI=1S/C34H42N6O8P4S3/c1-38(35-23-26-7-15-30(43-4)16-8-26)49(53)46-31-17-9-27(10-18-31)24-36-39(2)50(54)47-32-19-11-28(12-20-32)25-37-40(3)51(55)48-33-21-13-29(14-22-33)34(41)52(42,44-5)45-6/h7-25,34,41,49-51H,1-6H3/b35-23+,36-24+,37-25+. The molecule has 0 saturated carbocycles. The maximum absolute atomic E-state index is 12.5. The predicted octanol–water partition coefficient (Wildman–Crippen LogP) is 7.72. The fraction of sp³-hybridized carbons (Fsp3) is 0.206. The van der Waals surface area contributed by atoms with E-state index < -0.39 is 34.7 Å². The SMILES string of the molecule is COc1ccc(/C=N/N(C)[PH](=S)Oc2ccc(/C=N/N(C)[PH](=S)Oc3ccc(/C=N/N(C)[PH](=S)Oc4ccc(C(O)P(=O)(OC)OC)cc4)cc3)cc2)cc1. The molecule has 0 heterocycles. The first kappa shape index (κ1) is 44.3. The van der Waals surface area contributed by atoms with E-state index in [1.807, 2.05) is 72.8 Å². The fourth-order valence-electron chi connectivity index (χ4n) is 4.20. The number of hydrogen-bond donors (Lipinski definition) is 1. The molecule has 4 aromatic carbocycles. The highest BCUT2D eigenvalue weighted by molar-refractivity contribution is 8.02. The van der Waals surface area contributed by atoms with Crippen LogP contribution >= 0.6 is 28.8 Å². The van der Waals surface area contributed by atoms with Gasteiger partial charge in [-0.1, -0.05) is 12.1 Å². The Bertz CT molecular complexity index is 2060. The molecular weight excluding hydrogens is 841 g/mol. The van der Waals surface area contributed by atoms with E-state index in [1.54, 1.807) is 85.5 Å². The Labute approximate surface area is 338 Å². The van der Waals surface area contributed by atoms with Crippen molar-refractivity contribution in [3.63, 3.8) is 0 Å². The van der Waals surface area contributed by atoms with Gasteiger partial charge in [-0.3, -0.25) is 4.57 Å². The molecule has 0 aliphatic rings. The average Bonchev–Trinajstić information content (AvgIpc) is 3.21. The minimum Gasteiger partial charge on any atom is -0.497 e. The number of hydrogen-bond acceptors (Lipinski definition) is 14. The van der Waals surface area contributed by atoms with Gasteiger partial charge in [-0.2, -0.15) is 15.3 Å². The monoisotopic (exact) mass is 882 g/mol. The zero-order chi connectivity index (χ0) is 40.0. The number of aliphatic hydroxyl groups excluding tert-OH is 1. The smallest absolute Gasteiger partial charge is 0.362 e. The molecule has 4 unspecified atom stereocenters. The van der Waals surface area contributed by atoms with Crippen molar-refractivity contribution in [1.82, 2.24) is 14.3 Å². The highest BCUT2D eigenvalue weighted by Gasteiger charge is 2.33. The zero-order valence-corrected chi connectivity index (χ0v) is 37.1. The van der Waals surface area contributed by atoms with E-state index in [2.05, 4.69) is 15.3 Å². The van der Waals surface area contributed by atoms with E-state index in [9.17, 15) is 9.67 Å². The van der Waals surface area contributed by atoms with Crippen LogP contribution in [0.1, 0.15) is 28.1 Å². The van der Waals surface area contributed by atoms with E-state index in [0.717, 1.165) is 22.4 Å². The number of rotatable bonds is 20. The molecule has 0 fully saturated rings. The summed E-state index contributed by atoms with van der Waals surface area (Å²) in [5.74, 6) is 1.07. The van der Waals surface area contributed by atoms with Crippen molar-refractivity contribution < 1.29 is 37.0 Å². The van der Waals surface area contributed by atoms with Gasteiger partial charge in [0, 0.05) is 35.4 Å². The molecule has 0 radical (unpaired) electrons. The van der Waals surface area contributed by atoms with Crippen LogP contribution in [0.2, 0.25) is 0 Å². The molecule has 0 aliphatic carbocycles. The highest BCUT2D eigenvalue weighted by atomic mass is 32.4. The Morgan fingerprint density at radius 2 is 0.855 bits per heavy atom. The van der Waals surface area contributed by atoms with Gasteiger partial charge in [-0.15, -0.1) is 0 Å². The Hall–Kier alpha value is -3.45. The summed E-state index contributed by atoms with van der Waals surface area (Å²) < 4.78 is 50.1. The largest absolute Gasteiger partial charge is 0.497 e. The first-order chi connectivity index (χ1) is 26.3. The Balaban J connectivity index is 1.21. The predicted molar refractivity (Wildman–Crippen MR) is 234 cm³/mol. The van der Waals surface area contributed by atoms with Crippen LogP contribution in [0.4, 0.5) is 0 Å². The van der Waals surface area contributed by atoms with Crippen LogP contribution in [0.3, 0.4) is 0 Å². The zero-order valence-electron chi connectivity index (χ0n) is 30.7. The lowest BCUT2D eigenvalue weighted by molar-refractivity contribution is 0.176. The summed E-state index contributed by atoms with van der Waals surface area (Å²) in [5, 5.41) is 23.7. The van der Waals surface area contributed by atoms with Crippen LogP contribution in [0.15, 0.2) is 112 Å². The van der Waals surface area contributed by atoms with E-state index in [0.29, 0.717) is 22.8 Å². The van der Waals surface area contributed by atoms with E-state index in [-0.39, 0.29) is 0 Å². The average molecular weight is 883 g/mol. The number of methoxy groups -OCH3 is 1. The van der Waals surface area contributed by atoms with Crippen LogP contribution in [0, 0.1) is 0 Å². The third kappa shape index (κ3) is 13.6. The van der Waals surface area contributed by atoms with Gasteiger partial charge in [0.15, 0.2) is 5.85 Å². The summed E-state index contributed by atoms with van der Waals surface area (Å²) in [6.07, 6.45) is 5.09. The normalized spacial score (nSPS) is 14.0. The van der Waals surface area contributed by atoms with Crippen molar-refractivity contribution in [1.29, 1.82) is 0 Å². The molecule has 0 aliphatic heterocycles. The van der Waals surface area contributed by atoms with Crippen molar-refractivity contribution >= 4 is 82.9 Å². The minimum absolute atomic E-state index is 0.356. The molecule has 0 saturated heterocycles. The summed E-state index contributed by atoms with van der Waals surface area (Å²) >= 11 is 16.7. The molecule has 21 heteroatoms. The first-order valence-corrected chi connectivity index (χ1v) is 25.2. The lowest BCUT2D eigenvalue weighted by Crippen LogP contribution is -2.04. The third-order valence-electron chi connectivity index (χ3n) is 7.41. The topological polar surface area (TPSA) is 139 Å². The minimum atomic E-state index is -3.69. The van der Waals surface area contributed by atoms with Gasteiger partial charge in [0.2, 0.25) is 21.2 Å². The van der Waals surface area contributed by atoms with Crippen molar-refractivity contribution in [3.05, 3.63) is 119 Å². The van der Waals surface area contributed by atoms with Crippen LogP contribution < -0.4 is 18.3 Å². The van der Waals surface area contributed by atoms with Crippen LogP contribution in [0.25, 0.3) is 0 Å². The summed E-state index contributed by atoms with van der Waals surface area (Å²) in [5.41, 5.74) is 2.95. The van der Waals surface area contributed by atoms with Gasteiger partial charge in [-0.25, -0.2) is 14.3 Å². The van der Waals surface area contributed by atoms with Crippen LogP contribution in [0.5, 0.6) is 23.0 Å². The van der Waals surface area contributed by atoms with Crippen LogP contribution in [-0.2, 0) is 49.0 Å². The number of hydrazone groups is 3. The highest BCUT2D eigenvalue weighted by Crippen LogP contribution is 2.58. The molecule has 0 spiro atoms. The molecule has 55 heavy (non-hydrogen) atoms. The second kappa shape index (κ2) is 21.7. The summed E-state index contributed by atoms with van der Waals surface area (Å²) in [4.78, 5) is 0. The second-order valence-electron chi connectivity index (χ2n) is 11.2. The molecule has 0 aromatic heterocycles. The molecule has 4 rings (SSSR count). The van der Waals surface area contributed by atoms with Crippen molar-refractivity contribution in [3.8, 4) is 23.0 Å². The second-order valence-corrected chi connectivity index (χ2v) is 20.8. The molecule has 4 atom stereocenters. The van der Waals surface area contributed by atoms with Gasteiger partial charge in [0.25, 0.3) is 0 Å². The molecule has 0 bridgehead atoms. The van der Waals surface area contributed by atoms with Crippen LogP contribution in [-0.4, -0.2) is 80.6 Å². The molecule has 294 valence electrons. The number of aliphatic hydroxyl groups is 1. The molecule has 14 nitrogen and oxygen atoms in total. The Morgan fingerprint density at radius 1 is 0.564 bits per heavy atom. The molecule has 1 N–H and O–H groups in total. The van der Waals surface area contributed by atoms with Gasteiger partial charge in [0.1, 0.15) is 23.0 Å². The number of benzene rings is 4. The fourth-order valence-corrected chi connectivity index (χ4v) is 8.44. The maximum Gasteiger partial charge on any atom is 0.362 e. The Kier molecular flexibility index (Phi) is 17.5. The lowest BCUT2D eigenvalue weighted by Gasteiger charge is -2.20. The molecular formula is C34H42N6O8P4S3. The quantitative estimate of drug-likeness (QED) is 0.0526. The molecule has 0 amide bonds. The van der Waals surface area contributed by atoms with Crippen molar-refractivity contribution in [2.45, 2.75) is 5.85 Å². The Morgan fingerprint density at radius 3 is 1.15 bits per heavy atom. The van der Waals surface area contributed by atoms with Gasteiger partial charge in [0.05, 0.1) is 25.8 Å². The summed E-state index contributed by atoms with van der Waals surface area (Å²) in [6, 6.07) is 28.7. The molecule has 4 aromatic rings. The third-order valence-corrected chi connectivity index (χ3v) is 15.6. The van der Waals surface area contributed by atoms with E-state index in [4.69, 9.17) is 62.8 Å². The summed E-state index contributed by atoms with van der Waals surface area (Å²) in [7, 11) is -0.0196. The van der Waals surface area contributed by atoms with Gasteiger partial charge in [-0.05, 0) is 143 Å². The summed E-state index contributed by atoms with van der Waals surface area (Å²) in [6.45, 7) is 0. The van der Waals surface area contributed by atoms with Gasteiger partial charge >= 0.3 is 7.60 Å². The van der Waals surface area contributed by atoms with Crippen molar-refractivity contribution in [2.75, 3.05) is 42.5 Å². The lowest BCUT2D eigenvalue weighted by atomic mass is 10.2. The first-order valence-electron chi connectivity index (χ1n) is 16.2.